The zero-order valence-corrected chi connectivity index (χ0v) is 10.2. The largest absolute Gasteiger partial charge is 0.477 e. The molecule has 0 spiro atoms. The van der Waals surface area contributed by atoms with Crippen molar-refractivity contribution in [3.8, 4) is 0 Å². The maximum atomic E-state index is 13.8. The topological polar surface area (TPSA) is 59.3 Å². The van der Waals surface area contributed by atoms with Gasteiger partial charge < -0.3 is 9.67 Å². The van der Waals surface area contributed by atoms with E-state index in [1.807, 2.05) is 0 Å². The summed E-state index contributed by atoms with van der Waals surface area (Å²) in [6.07, 6.45) is 1.71. The van der Waals surface area contributed by atoms with E-state index in [4.69, 9.17) is 5.11 Å². The highest BCUT2D eigenvalue weighted by atomic mass is 19.2. The number of hydrogen-bond donors (Lipinski definition) is 1. The molecule has 1 aliphatic heterocycles. The number of carbonyl (C=O) groups is 1. The molecule has 4 nitrogen and oxygen atoms in total. The van der Waals surface area contributed by atoms with Crippen molar-refractivity contribution in [3.05, 3.63) is 51.8 Å². The number of carboxylic acids is 1. The van der Waals surface area contributed by atoms with E-state index in [9.17, 15) is 18.4 Å². The number of carboxylic acid groups (broad SMARTS) is 1. The smallest absolute Gasteiger partial charge is 0.341 e. The van der Waals surface area contributed by atoms with Gasteiger partial charge in [0.1, 0.15) is 5.56 Å². The zero-order valence-electron chi connectivity index (χ0n) is 10.2. The Morgan fingerprint density at radius 2 is 2.05 bits per heavy atom. The number of aromatic carboxylic acids is 1. The molecule has 2 heterocycles. The number of halogens is 2. The maximum Gasteiger partial charge on any atom is 0.341 e. The average molecular weight is 277 g/mol. The highest BCUT2D eigenvalue weighted by Crippen LogP contribution is 2.31. The lowest BCUT2D eigenvalue weighted by Crippen LogP contribution is -2.22. The molecule has 1 N–H and O–H groups in total. The highest BCUT2D eigenvalue weighted by molar-refractivity contribution is 5.95. The minimum atomic E-state index is -1.41. The molecule has 0 saturated carbocycles. The standard InChI is InChI=1S/C14H9F2NO3/c1-6-2-3-7-11(16)10(15)4-8-12(7)17(6)5-9(13(8)18)14(19)20/h4-5H,1-3H2,(H,19,20). The van der Waals surface area contributed by atoms with Crippen molar-refractivity contribution in [2.45, 2.75) is 12.8 Å². The van der Waals surface area contributed by atoms with Crippen molar-refractivity contribution in [1.29, 1.82) is 0 Å². The summed E-state index contributed by atoms with van der Waals surface area (Å²) < 4.78 is 28.8. The second kappa shape index (κ2) is 4.00. The molecule has 2 aromatic rings. The number of nitrogens with zero attached hydrogens (tertiary/aromatic N) is 1. The fourth-order valence-corrected chi connectivity index (χ4v) is 2.53. The summed E-state index contributed by atoms with van der Waals surface area (Å²) in [5.41, 5.74) is -0.483. The third kappa shape index (κ3) is 1.51. The summed E-state index contributed by atoms with van der Waals surface area (Å²) in [5, 5.41) is 8.89. The van der Waals surface area contributed by atoms with Crippen LogP contribution in [0.4, 0.5) is 8.78 Å². The van der Waals surface area contributed by atoms with E-state index in [0.717, 1.165) is 12.3 Å². The van der Waals surface area contributed by atoms with Crippen LogP contribution in [0.3, 0.4) is 0 Å². The zero-order chi connectivity index (χ0) is 14.6. The second-order valence-electron chi connectivity index (χ2n) is 4.66. The van der Waals surface area contributed by atoms with E-state index in [1.54, 1.807) is 0 Å². The van der Waals surface area contributed by atoms with Crippen molar-refractivity contribution in [3.63, 3.8) is 0 Å². The lowest BCUT2D eigenvalue weighted by Gasteiger charge is -2.22. The molecule has 0 unspecified atom stereocenters. The predicted molar refractivity (Wildman–Crippen MR) is 68.7 cm³/mol. The van der Waals surface area contributed by atoms with Crippen molar-refractivity contribution >= 4 is 22.6 Å². The summed E-state index contributed by atoms with van der Waals surface area (Å²) >= 11 is 0. The minimum Gasteiger partial charge on any atom is -0.477 e. The molecular weight excluding hydrogens is 268 g/mol. The van der Waals surface area contributed by atoms with Gasteiger partial charge in [-0.1, -0.05) is 6.58 Å². The van der Waals surface area contributed by atoms with Crippen LogP contribution < -0.4 is 5.43 Å². The van der Waals surface area contributed by atoms with Crippen molar-refractivity contribution < 1.29 is 18.7 Å². The monoisotopic (exact) mass is 277 g/mol. The van der Waals surface area contributed by atoms with E-state index in [1.165, 1.54) is 4.57 Å². The fourth-order valence-electron chi connectivity index (χ4n) is 2.53. The van der Waals surface area contributed by atoms with Gasteiger partial charge in [0.15, 0.2) is 11.6 Å². The second-order valence-corrected chi connectivity index (χ2v) is 4.66. The van der Waals surface area contributed by atoms with Crippen LogP contribution in [-0.2, 0) is 6.42 Å². The number of rotatable bonds is 1. The Morgan fingerprint density at radius 3 is 2.70 bits per heavy atom. The molecule has 0 aliphatic carbocycles. The first kappa shape index (κ1) is 12.5. The van der Waals surface area contributed by atoms with Gasteiger partial charge in [-0.05, 0) is 18.9 Å². The van der Waals surface area contributed by atoms with Gasteiger partial charge in [-0.3, -0.25) is 4.79 Å². The lowest BCUT2D eigenvalue weighted by atomic mass is 9.97. The Labute approximate surface area is 111 Å². The molecule has 1 aromatic carbocycles. The molecule has 3 rings (SSSR count). The third-order valence-electron chi connectivity index (χ3n) is 3.51. The first-order valence-electron chi connectivity index (χ1n) is 5.89. The number of pyridine rings is 1. The van der Waals surface area contributed by atoms with E-state index in [0.29, 0.717) is 12.1 Å². The molecule has 6 heteroatoms. The molecule has 0 atom stereocenters. The Morgan fingerprint density at radius 1 is 1.35 bits per heavy atom. The van der Waals surface area contributed by atoms with Crippen LogP contribution in [0.5, 0.6) is 0 Å². The fraction of sp³-hybridized carbons (Fsp3) is 0.143. The van der Waals surface area contributed by atoms with Crippen molar-refractivity contribution in [2.24, 2.45) is 0 Å². The number of allylic oxidation sites excluding steroid dienone is 1. The molecule has 1 aromatic heterocycles. The number of hydrogen-bond acceptors (Lipinski definition) is 2. The molecule has 0 radical (unpaired) electrons. The van der Waals surface area contributed by atoms with Crippen LogP contribution in [-0.4, -0.2) is 15.6 Å². The lowest BCUT2D eigenvalue weighted by molar-refractivity contribution is 0.0695. The third-order valence-corrected chi connectivity index (χ3v) is 3.51. The van der Waals surface area contributed by atoms with Crippen LogP contribution in [0.15, 0.2) is 23.6 Å². The van der Waals surface area contributed by atoms with Crippen LogP contribution >= 0.6 is 0 Å². The Balaban J connectivity index is 2.61. The normalized spacial score (nSPS) is 13.8. The van der Waals surface area contributed by atoms with Gasteiger partial charge in [0, 0.05) is 17.5 Å². The van der Waals surface area contributed by atoms with E-state index in [2.05, 4.69) is 6.58 Å². The Hall–Kier alpha value is -2.50. The molecule has 102 valence electrons. The predicted octanol–water partition coefficient (Wildman–Crippen LogP) is 2.39. The van der Waals surface area contributed by atoms with Crippen molar-refractivity contribution in [2.75, 3.05) is 0 Å². The number of benzene rings is 1. The van der Waals surface area contributed by atoms with Gasteiger partial charge in [0.05, 0.1) is 10.9 Å². The molecular formula is C14H9F2NO3. The summed E-state index contributed by atoms with van der Waals surface area (Å²) in [6, 6.07) is 0.748. The summed E-state index contributed by atoms with van der Waals surface area (Å²) in [5.74, 6) is -3.56. The molecule has 0 bridgehead atoms. The Bertz CT molecular complexity index is 852. The molecule has 20 heavy (non-hydrogen) atoms. The number of aryl methyl sites for hydroxylation is 1. The molecule has 0 saturated heterocycles. The van der Waals surface area contributed by atoms with E-state index < -0.39 is 28.6 Å². The van der Waals surface area contributed by atoms with Crippen LogP contribution in [0.25, 0.3) is 16.6 Å². The SMILES string of the molecule is C=C1CCc2c(F)c(F)cc3c(=O)c(C(=O)O)cn1c23. The van der Waals surface area contributed by atoms with Gasteiger partial charge in [-0.15, -0.1) is 0 Å². The van der Waals surface area contributed by atoms with Gasteiger partial charge in [0.25, 0.3) is 0 Å². The average Bonchev–Trinajstić information content (AvgIpc) is 2.39. The molecule has 0 amide bonds. The minimum absolute atomic E-state index is 0.0847. The molecule has 1 aliphatic rings. The van der Waals surface area contributed by atoms with Gasteiger partial charge in [0.2, 0.25) is 5.43 Å². The first-order chi connectivity index (χ1) is 9.41. The maximum absolute atomic E-state index is 13.8. The Kier molecular flexibility index (Phi) is 2.50. The van der Waals surface area contributed by atoms with Crippen LogP contribution in [0, 0.1) is 11.6 Å². The van der Waals surface area contributed by atoms with Gasteiger partial charge in [-0.2, -0.15) is 0 Å². The quantitative estimate of drug-likeness (QED) is 0.870. The highest BCUT2D eigenvalue weighted by Gasteiger charge is 2.25. The summed E-state index contributed by atoms with van der Waals surface area (Å²) in [6.45, 7) is 3.77. The first-order valence-corrected chi connectivity index (χ1v) is 5.89. The number of aromatic nitrogens is 1. The van der Waals surface area contributed by atoms with Crippen LogP contribution in [0.1, 0.15) is 22.3 Å². The summed E-state index contributed by atoms with van der Waals surface area (Å²) in [7, 11) is 0. The van der Waals surface area contributed by atoms with E-state index in [-0.39, 0.29) is 22.9 Å². The van der Waals surface area contributed by atoms with Gasteiger partial charge in [-0.25, -0.2) is 13.6 Å². The van der Waals surface area contributed by atoms with Crippen LogP contribution in [0.2, 0.25) is 0 Å². The van der Waals surface area contributed by atoms with Gasteiger partial charge >= 0.3 is 5.97 Å². The molecule has 0 fully saturated rings. The summed E-state index contributed by atoms with van der Waals surface area (Å²) in [4.78, 5) is 23.2. The van der Waals surface area contributed by atoms with Crippen molar-refractivity contribution in [1.82, 2.24) is 4.57 Å². The van der Waals surface area contributed by atoms with E-state index >= 15 is 0 Å².